The van der Waals surface area contributed by atoms with E-state index in [0.29, 0.717) is 0 Å². The zero-order chi connectivity index (χ0) is 25.8. The summed E-state index contributed by atoms with van der Waals surface area (Å²) in [5.41, 5.74) is 0.774. The van der Waals surface area contributed by atoms with Gasteiger partial charge in [0.1, 0.15) is 30.9 Å². The van der Waals surface area contributed by atoms with Gasteiger partial charge < -0.3 is 24.8 Å². The maximum Gasteiger partial charge on any atom is 0.408 e. The van der Waals surface area contributed by atoms with Crippen molar-refractivity contribution in [2.75, 3.05) is 0 Å². The van der Waals surface area contributed by atoms with Crippen LogP contribution in [-0.2, 0) is 41.8 Å². The Morgan fingerprint density at radius 2 is 1.31 bits per heavy atom. The smallest absolute Gasteiger partial charge is 0.408 e. The van der Waals surface area contributed by atoms with Gasteiger partial charge in [-0.3, -0.25) is 9.59 Å². The summed E-state index contributed by atoms with van der Waals surface area (Å²) in [6.45, 7) is 6.54. The van der Waals surface area contributed by atoms with Crippen LogP contribution in [0.3, 0.4) is 0 Å². The molecule has 2 amide bonds. The first-order valence-electron chi connectivity index (χ1n) is 11.2. The summed E-state index contributed by atoms with van der Waals surface area (Å²) in [4.78, 5) is 49.8. The van der Waals surface area contributed by atoms with Crippen molar-refractivity contribution in [2.45, 2.75) is 65.0 Å². The van der Waals surface area contributed by atoms with Gasteiger partial charge in [0.05, 0.1) is 6.42 Å². The topological polar surface area (TPSA) is 120 Å². The molecule has 2 rings (SSSR count). The van der Waals surface area contributed by atoms with E-state index < -0.39 is 48.0 Å². The highest BCUT2D eigenvalue weighted by molar-refractivity contribution is 5.92. The van der Waals surface area contributed by atoms with Crippen LogP contribution in [0.5, 0.6) is 0 Å². The molecule has 0 aliphatic carbocycles. The number of rotatable bonds is 10. The second-order valence-electron chi connectivity index (χ2n) is 8.87. The molecule has 0 saturated heterocycles. The third-order valence-corrected chi connectivity index (χ3v) is 4.55. The lowest BCUT2D eigenvalue weighted by Crippen LogP contribution is -2.52. The summed E-state index contributed by atoms with van der Waals surface area (Å²) in [7, 11) is 0. The zero-order valence-electron chi connectivity index (χ0n) is 20.4. The summed E-state index contributed by atoms with van der Waals surface area (Å²) in [5, 5.41) is 4.85. The van der Waals surface area contributed by atoms with E-state index >= 15 is 0 Å². The van der Waals surface area contributed by atoms with Gasteiger partial charge in [-0.2, -0.15) is 0 Å². The van der Waals surface area contributed by atoms with E-state index in [1.54, 1.807) is 57.2 Å². The van der Waals surface area contributed by atoms with Gasteiger partial charge in [0, 0.05) is 0 Å². The van der Waals surface area contributed by atoms with E-state index in [2.05, 4.69) is 10.6 Å². The lowest BCUT2D eigenvalue weighted by atomic mass is 10.1. The number of benzene rings is 2. The quantitative estimate of drug-likeness (QED) is 0.392. The number of hydrogen-bond acceptors (Lipinski definition) is 7. The van der Waals surface area contributed by atoms with Gasteiger partial charge in [-0.25, -0.2) is 9.59 Å². The van der Waals surface area contributed by atoms with Gasteiger partial charge in [0.25, 0.3) is 0 Å². The number of ether oxygens (including phenoxy) is 3. The van der Waals surface area contributed by atoms with Crippen LogP contribution < -0.4 is 10.6 Å². The van der Waals surface area contributed by atoms with Crippen molar-refractivity contribution in [2.24, 2.45) is 0 Å². The Kier molecular flexibility index (Phi) is 10.3. The average molecular weight is 485 g/mol. The molecule has 9 nitrogen and oxygen atoms in total. The number of carbonyl (C=O) groups is 4. The van der Waals surface area contributed by atoms with E-state index in [0.717, 1.165) is 11.1 Å². The van der Waals surface area contributed by atoms with Crippen LogP contribution in [0, 0.1) is 0 Å². The molecule has 0 aliphatic heterocycles. The Balaban J connectivity index is 1.97. The zero-order valence-corrected chi connectivity index (χ0v) is 20.4. The molecule has 0 unspecified atom stereocenters. The predicted octanol–water partition coefficient (Wildman–Crippen LogP) is 3.26. The number of amides is 2. The Labute approximate surface area is 205 Å². The van der Waals surface area contributed by atoms with Gasteiger partial charge in [-0.15, -0.1) is 0 Å². The summed E-state index contributed by atoms with van der Waals surface area (Å²) >= 11 is 0. The van der Waals surface area contributed by atoms with E-state index in [-0.39, 0.29) is 13.2 Å². The van der Waals surface area contributed by atoms with Crippen LogP contribution in [0.15, 0.2) is 60.7 Å². The summed E-state index contributed by atoms with van der Waals surface area (Å²) < 4.78 is 15.7. The van der Waals surface area contributed by atoms with Gasteiger partial charge in [0.15, 0.2) is 0 Å². The van der Waals surface area contributed by atoms with Crippen molar-refractivity contribution in [3.05, 3.63) is 71.8 Å². The Morgan fingerprint density at radius 3 is 1.83 bits per heavy atom. The van der Waals surface area contributed by atoms with Crippen LogP contribution in [0.25, 0.3) is 0 Å². The standard InChI is InChI=1S/C26H32N2O7/c1-18(24(31)33-16-19-11-7-5-8-12-19)27-23(30)21(15-22(29)35-26(2,3)4)28-25(32)34-17-20-13-9-6-10-14-20/h5-14,18,21H,15-17H2,1-4H3,(H,27,30)(H,28,32)/t18-,21-/m0/s1. The molecule has 35 heavy (non-hydrogen) atoms. The van der Waals surface area contributed by atoms with Crippen LogP contribution in [0.2, 0.25) is 0 Å². The summed E-state index contributed by atoms with van der Waals surface area (Å²) in [5.74, 6) is -2.11. The maximum absolute atomic E-state index is 12.8. The monoisotopic (exact) mass is 484 g/mol. The van der Waals surface area contributed by atoms with E-state index in [9.17, 15) is 19.2 Å². The molecule has 188 valence electrons. The highest BCUT2D eigenvalue weighted by atomic mass is 16.6. The van der Waals surface area contributed by atoms with Gasteiger partial charge in [0.2, 0.25) is 5.91 Å². The van der Waals surface area contributed by atoms with E-state index in [1.807, 2.05) is 24.3 Å². The minimum atomic E-state index is -1.32. The lowest BCUT2D eigenvalue weighted by Gasteiger charge is -2.23. The third kappa shape index (κ3) is 10.7. The molecule has 0 aromatic heterocycles. The minimum absolute atomic E-state index is 0.0182. The molecule has 2 aromatic rings. The number of alkyl carbamates (subject to hydrolysis) is 1. The molecule has 0 radical (unpaired) electrons. The second kappa shape index (κ2) is 13.1. The molecule has 2 N–H and O–H groups in total. The summed E-state index contributed by atoms with van der Waals surface area (Å²) in [6, 6.07) is 15.7. The van der Waals surface area contributed by atoms with Crippen molar-refractivity contribution in [3.63, 3.8) is 0 Å². The molecular weight excluding hydrogens is 452 g/mol. The van der Waals surface area contributed by atoms with E-state index in [4.69, 9.17) is 14.2 Å². The molecule has 0 bridgehead atoms. The van der Waals surface area contributed by atoms with E-state index in [1.165, 1.54) is 6.92 Å². The Morgan fingerprint density at radius 1 is 0.800 bits per heavy atom. The molecule has 0 aliphatic rings. The largest absolute Gasteiger partial charge is 0.460 e. The Bertz CT molecular complexity index is 988. The van der Waals surface area contributed by atoms with Crippen molar-refractivity contribution in [3.8, 4) is 0 Å². The molecule has 0 saturated carbocycles. The van der Waals surface area contributed by atoms with Gasteiger partial charge >= 0.3 is 18.0 Å². The first kappa shape index (κ1) is 27.4. The van der Waals surface area contributed by atoms with Crippen LogP contribution >= 0.6 is 0 Å². The fourth-order valence-electron chi connectivity index (χ4n) is 2.89. The number of carbonyl (C=O) groups excluding carboxylic acids is 4. The van der Waals surface area contributed by atoms with Crippen LogP contribution in [-0.4, -0.2) is 41.6 Å². The summed E-state index contributed by atoms with van der Waals surface area (Å²) in [6.07, 6.45) is -1.34. The van der Waals surface area contributed by atoms with Crippen LogP contribution in [0.4, 0.5) is 4.79 Å². The first-order chi connectivity index (χ1) is 16.5. The van der Waals surface area contributed by atoms with Gasteiger partial charge in [-0.1, -0.05) is 60.7 Å². The van der Waals surface area contributed by atoms with Crippen molar-refractivity contribution >= 4 is 23.9 Å². The number of esters is 2. The first-order valence-corrected chi connectivity index (χ1v) is 11.2. The molecule has 2 atom stereocenters. The maximum atomic E-state index is 12.8. The van der Waals surface area contributed by atoms with Crippen molar-refractivity contribution < 1.29 is 33.4 Å². The fraction of sp³-hybridized carbons (Fsp3) is 0.385. The SMILES string of the molecule is C[C@H](NC(=O)[C@H](CC(=O)OC(C)(C)C)NC(=O)OCc1ccccc1)C(=O)OCc1ccccc1. The molecule has 9 heteroatoms. The van der Waals surface area contributed by atoms with Crippen LogP contribution in [0.1, 0.15) is 45.2 Å². The number of hydrogen-bond donors (Lipinski definition) is 2. The molecular formula is C26H32N2O7. The molecule has 2 aromatic carbocycles. The Hall–Kier alpha value is -3.88. The van der Waals surface area contributed by atoms with Crippen molar-refractivity contribution in [1.82, 2.24) is 10.6 Å². The molecule has 0 heterocycles. The highest BCUT2D eigenvalue weighted by Gasteiger charge is 2.29. The minimum Gasteiger partial charge on any atom is -0.460 e. The average Bonchev–Trinajstić information content (AvgIpc) is 2.80. The number of nitrogens with one attached hydrogen (secondary N) is 2. The van der Waals surface area contributed by atoms with Gasteiger partial charge in [-0.05, 0) is 38.8 Å². The fourth-order valence-corrected chi connectivity index (χ4v) is 2.89. The second-order valence-corrected chi connectivity index (χ2v) is 8.87. The predicted molar refractivity (Wildman–Crippen MR) is 128 cm³/mol. The van der Waals surface area contributed by atoms with Crippen molar-refractivity contribution in [1.29, 1.82) is 0 Å². The molecule has 0 spiro atoms. The molecule has 0 fully saturated rings. The normalized spacial score (nSPS) is 12.6. The highest BCUT2D eigenvalue weighted by Crippen LogP contribution is 2.10. The third-order valence-electron chi connectivity index (χ3n) is 4.55. The lowest BCUT2D eigenvalue weighted by molar-refractivity contribution is -0.156.